The zero-order valence-electron chi connectivity index (χ0n) is 12.1. The van der Waals surface area contributed by atoms with E-state index in [0.717, 1.165) is 11.3 Å². The van der Waals surface area contributed by atoms with E-state index in [1.54, 1.807) is 0 Å². The van der Waals surface area contributed by atoms with Crippen LogP contribution in [0.5, 0.6) is 5.75 Å². The van der Waals surface area contributed by atoms with Crippen LogP contribution in [0.25, 0.3) is 0 Å². The van der Waals surface area contributed by atoms with Crippen molar-refractivity contribution in [1.29, 1.82) is 0 Å². The number of amides is 1. The summed E-state index contributed by atoms with van der Waals surface area (Å²) in [6, 6.07) is 7.79. The third-order valence-electron chi connectivity index (χ3n) is 2.60. The normalized spacial score (nSPS) is 10.1. The summed E-state index contributed by atoms with van der Waals surface area (Å²) in [5.41, 5.74) is 1.14. The highest BCUT2D eigenvalue weighted by Crippen LogP contribution is 2.12. The minimum absolute atomic E-state index is 0.0289. The number of benzene rings is 1. The van der Waals surface area contributed by atoms with Crippen LogP contribution in [0.3, 0.4) is 0 Å². The number of rotatable bonds is 10. The molecule has 0 fully saturated rings. The molecule has 0 aliphatic carbocycles. The summed E-state index contributed by atoms with van der Waals surface area (Å²) in [6.07, 6.45) is 1.07. The first-order valence-electron chi connectivity index (χ1n) is 6.83. The predicted molar refractivity (Wildman–Crippen MR) is 83.9 cm³/mol. The molecule has 5 nitrogen and oxygen atoms in total. The van der Waals surface area contributed by atoms with Gasteiger partial charge in [-0.25, -0.2) is 0 Å². The standard InChI is InChI=1S/C15H21NO4S/c1-12-4-2-5-13(10-12)20-8-3-6-14(17)16-7-9-21-11-15(18)19/h2,4-5,10H,3,6-9,11H2,1H3,(H,16,17)(H,18,19). The molecule has 0 bridgehead atoms. The Morgan fingerprint density at radius 3 is 2.90 bits per heavy atom. The highest BCUT2D eigenvalue weighted by molar-refractivity contribution is 7.99. The van der Waals surface area contributed by atoms with Crippen molar-refractivity contribution in [2.75, 3.05) is 24.7 Å². The number of aliphatic carboxylic acids is 1. The number of carboxylic acids is 1. The number of carboxylic acid groups (broad SMARTS) is 1. The van der Waals surface area contributed by atoms with Gasteiger partial charge in [0, 0.05) is 18.7 Å². The first kappa shape index (κ1) is 17.4. The Hall–Kier alpha value is -1.69. The number of aryl methyl sites for hydroxylation is 1. The zero-order chi connectivity index (χ0) is 15.5. The summed E-state index contributed by atoms with van der Waals surface area (Å²) >= 11 is 1.29. The van der Waals surface area contributed by atoms with Crippen LogP contribution >= 0.6 is 11.8 Å². The molecule has 0 saturated heterocycles. The molecule has 0 aliphatic rings. The number of ether oxygens (including phenoxy) is 1. The quantitative estimate of drug-likeness (QED) is 0.647. The molecule has 1 aromatic carbocycles. The Balaban J connectivity index is 2.02. The molecule has 0 aromatic heterocycles. The molecular formula is C15H21NO4S. The lowest BCUT2D eigenvalue weighted by molar-refractivity contribution is -0.133. The van der Waals surface area contributed by atoms with Crippen LogP contribution in [-0.2, 0) is 9.59 Å². The van der Waals surface area contributed by atoms with Crippen LogP contribution in [0, 0.1) is 6.92 Å². The first-order chi connectivity index (χ1) is 10.1. The van der Waals surface area contributed by atoms with E-state index >= 15 is 0 Å². The summed E-state index contributed by atoms with van der Waals surface area (Å²) in [5.74, 6) is 0.636. The van der Waals surface area contributed by atoms with Crippen molar-refractivity contribution in [3.8, 4) is 5.75 Å². The summed E-state index contributed by atoms with van der Waals surface area (Å²) in [7, 11) is 0. The monoisotopic (exact) mass is 311 g/mol. The average Bonchev–Trinajstić information content (AvgIpc) is 2.43. The highest BCUT2D eigenvalue weighted by atomic mass is 32.2. The van der Waals surface area contributed by atoms with E-state index < -0.39 is 5.97 Å². The van der Waals surface area contributed by atoms with Crippen molar-refractivity contribution < 1.29 is 19.4 Å². The number of hydrogen-bond donors (Lipinski definition) is 2. The Labute approximate surface area is 129 Å². The number of carbonyl (C=O) groups excluding carboxylic acids is 1. The lowest BCUT2D eigenvalue weighted by Crippen LogP contribution is -2.26. The molecule has 21 heavy (non-hydrogen) atoms. The second-order valence-electron chi connectivity index (χ2n) is 4.56. The molecule has 0 atom stereocenters. The summed E-state index contributed by atoms with van der Waals surface area (Å²) in [4.78, 5) is 21.8. The van der Waals surface area contributed by atoms with E-state index in [4.69, 9.17) is 9.84 Å². The van der Waals surface area contributed by atoms with Gasteiger partial charge in [0.2, 0.25) is 5.91 Å². The average molecular weight is 311 g/mol. The van der Waals surface area contributed by atoms with Crippen LogP contribution in [-0.4, -0.2) is 41.6 Å². The molecule has 1 rings (SSSR count). The van der Waals surface area contributed by atoms with E-state index in [9.17, 15) is 9.59 Å². The molecular weight excluding hydrogens is 290 g/mol. The van der Waals surface area contributed by atoms with Crippen LogP contribution < -0.4 is 10.1 Å². The third kappa shape index (κ3) is 8.96. The number of hydrogen-bond acceptors (Lipinski definition) is 4. The lowest BCUT2D eigenvalue weighted by Gasteiger charge is -2.07. The van der Waals surface area contributed by atoms with Gasteiger partial charge in [0.05, 0.1) is 12.4 Å². The van der Waals surface area contributed by atoms with Gasteiger partial charge in [0.1, 0.15) is 5.75 Å². The van der Waals surface area contributed by atoms with Crippen molar-refractivity contribution in [3.63, 3.8) is 0 Å². The van der Waals surface area contributed by atoms with Gasteiger partial charge in [-0.3, -0.25) is 9.59 Å². The maximum Gasteiger partial charge on any atom is 0.313 e. The zero-order valence-corrected chi connectivity index (χ0v) is 12.9. The van der Waals surface area contributed by atoms with Gasteiger partial charge >= 0.3 is 5.97 Å². The smallest absolute Gasteiger partial charge is 0.313 e. The predicted octanol–water partition coefficient (Wildman–Crippen LogP) is 2.09. The number of nitrogens with one attached hydrogen (secondary N) is 1. The second-order valence-corrected chi connectivity index (χ2v) is 5.67. The molecule has 0 radical (unpaired) electrons. The van der Waals surface area contributed by atoms with E-state index in [-0.39, 0.29) is 11.7 Å². The van der Waals surface area contributed by atoms with Crippen LogP contribution in [0.1, 0.15) is 18.4 Å². The summed E-state index contributed by atoms with van der Waals surface area (Å²) in [5, 5.41) is 11.2. The van der Waals surface area contributed by atoms with Crippen molar-refractivity contribution in [1.82, 2.24) is 5.32 Å². The molecule has 116 valence electrons. The molecule has 0 saturated carbocycles. The second kappa shape index (κ2) is 10.1. The van der Waals surface area contributed by atoms with E-state index in [1.165, 1.54) is 11.8 Å². The highest BCUT2D eigenvalue weighted by Gasteiger charge is 2.02. The SMILES string of the molecule is Cc1cccc(OCCCC(=O)NCCSCC(=O)O)c1. The van der Waals surface area contributed by atoms with E-state index in [2.05, 4.69) is 5.32 Å². The van der Waals surface area contributed by atoms with Gasteiger partial charge in [-0.05, 0) is 31.0 Å². The molecule has 6 heteroatoms. The van der Waals surface area contributed by atoms with Crippen molar-refractivity contribution in [3.05, 3.63) is 29.8 Å². The van der Waals surface area contributed by atoms with Crippen LogP contribution in [0.4, 0.5) is 0 Å². The summed E-state index contributed by atoms with van der Waals surface area (Å²) < 4.78 is 5.56. The molecule has 0 aliphatic heterocycles. The summed E-state index contributed by atoms with van der Waals surface area (Å²) in [6.45, 7) is 3.00. The Morgan fingerprint density at radius 1 is 1.38 bits per heavy atom. The lowest BCUT2D eigenvalue weighted by atomic mass is 10.2. The minimum atomic E-state index is -0.834. The Kier molecular flexibility index (Phi) is 8.35. The fourth-order valence-corrected chi connectivity index (χ4v) is 2.20. The fraction of sp³-hybridized carbons (Fsp3) is 0.467. The number of carbonyl (C=O) groups is 2. The molecule has 0 unspecified atom stereocenters. The van der Waals surface area contributed by atoms with Gasteiger partial charge in [0.15, 0.2) is 0 Å². The fourth-order valence-electron chi connectivity index (χ4n) is 1.64. The first-order valence-corrected chi connectivity index (χ1v) is 7.99. The van der Waals surface area contributed by atoms with Gasteiger partial charge in [-0.15, -0.1) is 11.8 Å². The van der Waals surface area contributed by atoms with E-state index in [0.29, 0.717) is 31.7 Å². The van der Waals surface area contributed by atoms with Gasteiger partial charge < -0.3 is 15.2 Å². The molecule has 1 aromatic rings. The maximum atomic E-state index is 11.5. The largest absolute Gasteiger partial charge is 0.494 e. The van der Waals surface area contributed by atoms with Crippen molar-refractivity contribution in [2.24, 2.45) is 0 Å². The molecule has 0 heterocycles. The molecule has 1 amide bonds. The Morgan fingerprint density at radius 2 is 2.19 bits per heavy atom. The topological polar surface area (TPSA) is 75.6 Å². The minimum Gasteiger partial charge on any atom is -0.494 e. The third-order valence-corrected chi connectivity index (χ3v) is 3.54. The molecule has 2 N–H and O–H groups in total. The van der Waals surface area contributed by atoms with Gasteiger partial charge in [-0.1, -0.05) is 12.1 Å². The van der Waals surface area contributed by atoms with Crippen LogP contribution in [0.2, 0.25) is 0 Å². The van der Waals surface area contributed by atoms with Crippen LogP contribution in [0.15, 0.2) is 24.3 Å². The van der Waals surface area contributed by atoms with Crippen molar-refractivity contribution >= 4 is 23.6 Å². The molecule has 0 spiro atoms. The maximum absolute atomic E-state index is 11.5. The Bertz CT molecular complexity index is 465. The van der Waals surface area contributed by atoms with Crippen molar-refractivity contribution in [2.45, 2.75) is 19.8 Å². The van der Waals surface area contributed by atoms with Gasteiger partial charge in [0.25, 0.3) is 0 Å². The number of thioether (sulfide) groups is 1. The van der Waals surface area contributed by atoms with Gasteiger partial charge in [-0.2, -0.15) is 0 Å². The van der Waals surface area contributed by atoms with E-state index in [1.807, 2.05) is 31.2 Å².